The second-order valence-corrected chi connectivity index (χ2v) is 4.36. The van der Waals surface area contributed by atoms with Crippen LogP contribution in [-0.2, 0) is 0 Å². The number of benzene rings is 2. The summed E-state index contributed by atoms with van der Waals surface area (Å²) >= 11 is 0. The normalized spacial score (nSPS) is 9.68. The summed E-state index contributed by atoms with van der Waals surface area (Å²) in [4.78, 5) is 23.5. The van der Waals surface area contributed by atoms with Crippen molar-refractivity contribution in [2.45, 2.75) is 6.92 Å². The van der Waals surface area contributed by atoms with Crippen molar-refractivity contribution in [3.05, 3.63) is 60.2 Å². The molecule has 2 aromatic rings. The van der Waals surface area contributed by atoms with E-state index in [4.69, 9.17) is 4.74 Å². The van der Waals surface area contributed by atoms with E-state index in [1.165, 1.54) is 0 Å². The van der Waals surface area contributed by atoms with Crippen molar-refractivity contribution in [3.8, 4) is 5.75 Å². The molecule has 3 amide bonds. The van der Waals surface area contributed by atoms with E-state index in [0.717, 1.165) is 0 Å². The number of ether oxygens (including phenoxy) is 1. The van der Waals surface area contributed by atoms with Gasteiger partial charge >= 0.3 is 6.03 Å². The summed E-state index contributed by atoms with van der Waals surface area (Å²) in [5.41, 5.74) is 5.67. The fourth-order valence-electron chi connectivity index (χ4n) is 1.74. The lowest BCUT2D eigenvalue weighted by Crippen LogP contribution is -2.43. The zero-order chi connectivity index (χ0) is 15.8. The van der Waals surface area contributed by atoms with Crippen LogP contribution in [0.5, 0.6) is 5.75 Å². The lowest BCUT2D eigenvalue weighted by Gasteiger charge is -2.09. The van der Waals surface area contributed by atoms with E-state index >= 15 is 0 Å². The molecule has 22 heavy (non-hydrogen) atoms. The number of carbonyl (C=O) groups excluding carboxylic acids is 2. The molecule has 114 valence electrons. The van der Waals surface area contributed by atoms with Gasteiger partial charge in [0, 0.05) is 11.3 Å². The topological polar surface area (TPSA) is 79.5 Å². The number of urea groups is 1. The summed E-state index contributed by atoms with van der Waals surface area (Å²) in [5, 5.41) is 2.59. The Morgan fingerprint density at radius 2 is 1.64 bits per heavy atom. The minimum Gasteiger partial charge on any atom is -0.494 e. The predicted molar refractivity (Wildman–Crippen MR) is 83.7 cm³/mol. The number of hydrazine groups is 1. The molecule has 0 heterocycles. The van der Waals surface area contributed by atoms with Crippen molar-refractivity contribution in [1.29, 1.82) is 0 Å². The molecule has 0 aromatic heterocycles. The fourth-order valence-corrected chi connectivity index (χ4v) is 1.74. The van der Waals surface area contributed by atoms with Gasteiger partial charge in [-0.3, -0.25) is 10.2 Å². The number of para-hydroxylation sites is 1. The molecular formula is C16H17N3O3. The van der Waals surface area contributed by atoms with Crippen molar-refractivity contribution in [1.82, 2.24) is 10.9 Å². The number of hydrogen-bond donors (Lipinski definition) is 3. The number of rotatable bonds is 4. The average molecular weight is 299 g/mol. The Bertz CT molecular complexity index is 627. The van der Waals surface area contributed by atoms with Gasteiger partial charge in [-0.15, -0.1) is 0 Å². The summed E-state index contributed by atoms with van der Waals surface area (Å²) in [6.07, 6.45) is 0. The zero-order valence-corrected chi connectivity index (χ0v) is 12.1. The smallest absolute Gasteiger partial charge is 0.337 e. The molecule has 2 aromatic carbocycles. The van der Waals surface area contributed by atoms with E-state index in [1.54, 1.807) is 48.5 Å². The minimum absolute atomic E-state index is 0.411. The maximum absolute atomic E-state index is 11.9. The van der Waals surface area contributed by atoms with Crippen molar-refractivity contribution >= 4 is 17.6 Å². The molecule has 6 heteroatoms. The third kappa shape index (κ3) is 4.52. The third-order valence-electron chi connectivity index (χ3n) is 2.75. The molecule has 3 N–H and O–H groups in total. The van der Waals surface area contributed by atoms with Gasteiger partial charge in [0.2, 0.25) is 0 Å². The number of anilines is 1. The summed E-state index contributed by atoms with van der Waals surface area (Å²) < 4.78 is 5.29. The maximum atomic E-state index is 11.9. The quantitative estimate of drug-likeness (QED) is 0.759. The molecule has 2 rings (SSSR count). The van der Waals surface area contributed by atoms with Crippen LogP contribution in [0.15, 0.2) is 54.6 Å². The van der Waals surface area contributed by atoms with Gasteiger partial charge in [-0.2, -0.15) is 0 Å². The molecule has 0 bridgehead atoms. The predicted octanol–water partition coefficient (Wildman–Crippen LogP) is 2.55. The van der Waals surface area contributed by atoms with Crippen LogP contribution in [-0.4, -0.2) is 18.5 Å². The average Bonchev–Trinajstić information content (AvgIpc) is 2.54. The number of hydrogen-bond acceptors (Lipinski definition) is 3. The largest absolute Gasteiger partial charge is 0.494 e. The molecule has 0 radical (unpaired) electrons. The third-order valence-corrected chi connectivity index (χ3v) is 2.75. The standard InChI is InChI=1S/C16H17N3O3/c1-2-22-14-10-8-12(9-11-14)15(20)18-19-16(21)17-13-6-4-3-5-7-13/h3-11H,2H2,1H3,(H,18,20)(H2,17,19,21). The van der Waals surface area contributed by atoms with Crippen LogP contribution in [0.1, 0.15) is 17.3 Å². The van der Waals surface area contributed by atoms with Gasteiger partial charge in [0.05, 0.1) is 6.61 Å². The maximum Gasteiger partial charge on any atom is 0.337 e. The van der Waals surface area contributed by atoms with E-state index in [2.05, 4.69) is 16.2 Å². The summed E-state index contributed by atoms with van der Waals surface area (Å²) in [6, 6.07) is 15.0. The molecule has 0 atom stereocenters. The summed E-state index contributed by atoms with van der Waals surface area (Å²) in [6.45, 7) is 2.45. The highest BCUT2D eigenvalue weighted by Crippen LogP contribution is 2.11. The Morgan fingerprint density at radius 1 is 0.955 bits per heavy atom. The molecule has 0 aliphatic heterocycles. The lowest BCUT2D eigenvalue weighted by atomic mass is 10.2. The van der Waals surface area contributed by atoms with E-state index in [0.29, 0.717) is 23.6 Å². The number of nitrogens with one attached hydrogen (secondary N) is 3. The highest BCUT2D eigenvalue weighted by atomic mass is 16.5. The van der Waals surface area contributed by atoms with Gasteiger partial charge in [-0.25, -0.2) is 10.2 Å². The Kier molecular flexibility index (Phi) is 5.37. The van der Waals surface area contributed by atoms with Crippen molar-refractivity contribution in [2.24, 2.45) is 0 Å². The molecule has 0 fully saturated rings. The highest BCUT2D eigenvalue weighted by Gasteiger charge is 2.07. The second kappa shape index (κ2) is 7.68. The van der Waals surface area contributed by atoms with Gasteiger partial charge < -0.3 is 10.1 Å². The molecule has 0 saturated heterocycles. The van der Waals surface area contributed by atoms with E-state index in [-0.39, 0.29) is 0 Å². The second-order valence-electron chi connectivity index (χ2n) is 4.36. The van der Waals surface area contributed by atoms with Crippen LogP contribution in [0.2, 0.25) is 0 Å². The summed E-state index contributed by atoms with van der Waals surface area (Å²) in [5.74, 6) is 0.278. The van der Waals surface area contributed by atoms with Crippen LogP contribution in [0.4, 0.5) is 10.5 Å². The number of carbonyl (C=O) groups is 2. The van der Waals surface area contributed by atoms with Crippen LogP contribution in [0, 0.1) is 0 Å². The summed E-state index contributed by atoms with van der Waals surface area (Å²) in [7, 11) is 0. The van der Waals surface area contributed by atoms with Gasteiger partial charge in [0.25, 0.3) is 5.91 Å². The first-order valence-corrected chi connectivity index (χ1v) is 6.84. The van der Waals surface area contributed by atoms with E-state index in [1.807, 2.05) is 13.0 Å². The van der Waals surface area contributed by atoms with Gasteiger partial charge in [-0.1, -0.05) is 18.2 Å². The van der Waals surface area contributed by atoms with Crippen LogP contribution >= 0.6 is 0 Å². The Morgan fingerprint density at radius 3 is 2.27 bits per heavy atom. The zero-order valence-electron chi connectivity index (χ0n) is 12.1. The first-order chi connectivity index (χ1) is 10.7. The van der Waals surface area contributed by atoms with Gasteiger partial charge in [0.15, 0.2) is 0 Å². The molecule has 0 aliphatic rings. The van der Waals surface area contributed by atoms with Crippen LogP contribution < -0.4 is 20.9 Å². The number of amides is 3. The Hall–Kier alpha value is -3.02. The first kappa shape index (κ1) is 15.4. The molecule has 6 nitrogen and oxygen atoms in total. The highest BCUT2D eigenvalue weighted by molar-refractivity contribution is 5.97. The molecule has 0 saturated carbocycles. The molecular weight excluding hydrogens is 282 g/mol. The molecule has 0 aliphatic carbocycles. The first-order valence-electron chi connectivity index (χ1n) is 6.84. The fraction of sp³-hybridized carbons (Fsp3) is 0.125. The van der Waals surface area contributed by atoms with Crippen molar-refractivity contribution < 1.29 is 14.3 Å². The Balaban J connectivity index is 1.83. The SMILES string of the molecule is CCOc1ccc(C(=O)NNC(=O)Nc2ccccc2)cc1. The van der Waals surface area contributed by atoms with Crippen LogP contribution in [0.3, 0.4) is 0 Å². The van der Waals surface area contributed by atoms with E-state index < -0.39 is 11.9 Å². The van der Waals surface area contributed by atoms with Crippen molar-refractivity contribution in [2.75, 3.05) is 11.9 Å². The molecule has 0 spiro atoms. The van der Waals surface area contributed by atoms with E-state index in [9.17, 15) is 9.59 Å². The van der Waals surface area contributed by atoms with Gasteiger partial charge in [-0.05, 0) is 43.3 Å². The Labute approximate surface area is 128 Å². The van der Waals surface area contributed by atoms with Gasteiger partial charge in [0.1, 0.15) is 5.75 Å². The monoisotopic (exact) mass is 299 g/mol. The lowest BCUT2D eigenvalue weighted by molar-refractivity contribution is 0.0938. The van der Waals surface area contributed by atoms with Crippen molar-refractivity contribution in [3.63, 3.8) is 0 Å². The molecule has 0 unspecified atom stereocenters. The van der Waals surface area contributed by atoms with Crippen LogP contribution in [0.25, 0.3) is 0 Å². The minimum atomic E-state index is -0.523.